The van der Waals surface area contributed by atoms with Gasteiger partial charge in [-0.1, -0.05) is 19.8 Å². The van der Waals surface area contributed by atoms with Gasteiger partial charge in [-0.15, -0.1) is 0 Å². The third-order valence-corrected chi connectivity index (χ3v) is 6.19. The molecule has 1 aliphatic heterocycles. The molecule has 3 rings (SSSR count). The zero-order valence-corrected chi connectivity index (χ0v) is 17.1. The summed E-state index contributed by atoms with van der Waals surface area (Å²) in [6.07, 6.45) is 0.857. The Hall–Kier alpha value is -2.36. The fourth-order valence-corrected chi connectivity index (χ4v) is 4.10. The van der Waals surface area contributed by atoms with Crippen molar-refractivity contribution >= 4 is 17.8 Å². The molecule has 0 aromatic carbocycles. The molecule has 4 N–H and O–H groups in total. The van der Waals surface area contributed by atoms with Crippen molar-refractivity contribution in [2.24, 2.45) is 17.6 Å². The Morgan fingerprint density at radius 2 is 2.00 bits per heavy atom. The van der Waals surface area contributed by atoms with Crippen LogP contribution in [0.5, 0.6) is 0 Å². The van der Waals surface area contributed by atoms with Gasteiger partial charge in [0.05, 0.1) is 18.6 Å². The van der Waals surface area contributed by atoms with Crippen LogP contribution in [0.2, 0.25) is 0 Å². The van der Waals surface area contributed by atoms with E-state index >= 15 is 0 Å². The van der Waals surface area contributed by atoms with Crippen LogP contribution in [0.25, 0.3) is 0 Å². The van der Waals surface area contributed by atoms with Crippen LogP contribution >= 0.6 is 0 Å². The second kappa shape index (κ2) is 8.79. The van der Waals surface area contributed by atoms with Crippen LogP contribution in [0.3, 0.4) is 0 Å². The standard InChI is InChI=1S/C20H28F3N5O2/c1-11-3-5-13(6-4-11)17(24)18(29)27-16-9-14(7-8-25-16)12(2)28-10-15(20(21,22)23)26-19(28)30/h7-9,11-13,15,17H,3-6,10,24H2,1-2H3,(H,26,30)(H,25,27,29)/t11?,12-,13?,15+,17?/m1/s1. The lowest BCUT2D eigenvalue weighted by atomic mass is 9.79. The summed E-state index contributed by atoms with van der Waals surface area (Å²) in [5, 5.41) is 4.66. The van der Waals surface area contributed by atoms with Gasteiger partial charge in [-0.05, 0) is 49.3 Å². The number of nitrogens with zero attached hydrogens (tertiary/aromatic N) is 2. The number of carbonyl (C=O) groups excluding carboxylic acids is 2. The number of urea groups is 1. The Morgan fingerprint density at radius 1 is 1.33 bits per heavy atom. The van der Waals surface area contributed by atoms with Crippen molar-refractivity contribution < 1.29 is 22.8 Å². The maximum atomic E-state index is 12.9. The molecule has 0 bridgehead atoms. The summed E-state index contributed by atoms with van der Waals surface area (Å²) < 4.78 is 38.8. The summed E-state index contributed by atoms with van der Waals surface area (Å²) >= 11 is 0. The number of nitrogens with two attached hydrogens (primary N) is 1. The summed E-state index contributed by atoms with van der Waals surface area (Å²) in [6.45, 7) is 3.35. The van der Waals surface area contributed by atoms with E-state index in [0.717, 1.165) is 30.6 Å². The lowest BCUT2D eigenvalue weighted by Gasteiger charge is -2.29. The number of hydrogen-bond donors (Lipinski definition) is 3. The number of nitrogens with one attached hydrogen (secondary N) is 2. The molecule has 166 valence electrons. The Balaban J connectivity index is 1.64. The summed E-state index contributed by atoms with van der Waals surface area (Å²) in [4.78, 5) is 29.8. The Morgan fingerprint density at radius 3 is 2.60 bits per heavy atom. The molecule has 7 nitrogen and oxygen atoms in total. The molecule has 2 heterocycles. The minimum atomic E-state index is -4.51. The lowest BCUT2D eigenvalue weighted by molar-refractivity contribution is -0.150. The van der Waals surface area contributed by atoms with E-state index in [0.29, 0.717) is 11.5 Å². The average molecular weight is 427 g/mol. The molecule has 0 spiro atoms. The van der Waals surface area contributed by atoms with E-state index in [2.05, 4.69) is 17.2 Å². The van der Waals surface area contributed by atoms with E-state index in [9.17, 15) is 22.8 Å². The van der Waals surface area contributed by atoms with E-state index in [1.165, 1.54) is 6.20 Å². The van der Waals surface area contributed by atoms with Crippen LogP contribution in [-0.4, -0.2) is 46.6 Å². The normalized spacial score (nSPS) is 26.8. The summed E-state index contributed by atoms with van der Waals surface area (Å²) in [7, 11) is 0. The quantitative estimate of drug-likeness (QED) is 0.672. The van der Waals surface area contributed by atoms with Gasteiger partial charge in [-0.25, -0.2) is 9.78 Å². The van der Waals surface area contributed by atoms with Gasteiger partial charge in [0.1, 0.15) is 11.9 Å². The van der Waals surface area contributed by atoms with Gasteiger partial charge in [0.2, 0.25) is 5.91 Å². The molecule has 1 saturated carbocycles. The molecule has 2 fully saturated rings. The first-order chi connectivity index (χ1) is 14.1. The first-order valence-electron chi connectivity index (χ1n) is 10.2. The Kier molecular flexibility index (Phi) is 6.54. The fourth-order valence-electron chi connectivity index (χ4n) is 4.10. The van der Waals surface area contributed by atoms with Crippen LogP contribution < -0.4 is 16.4 Å². The number of aromatic nitrogens is 1. The molecule has 10 heteroatoms. The number of hydrogen-bond acceptors (Lipinski definition) is 4. The van der Waals surface area contributed by atoms with Gasteiger partial charge in [0.25, 0.3) is 0 Å². The number of alkyl halides is 3. The highest BCUT2D eigenvalue weighted by Gasteiger charge is 2.48. The zero-order chi connectivity index (χ0) is 22.1. The highest BCUT2D eigenvalue weighted by atomic mass is 19.4. The van der Waals surface area contributed by atoms with Crippen LogP contribution in [-0.2, 0) is 4.79 Å². The minimum absolute atomic E-state index is 0.121. The minimum Gasteiger partial charge on any atom is -0.324 e. The van der Waals surface area contributed by atoms with Crippen molar-refractivity contribution in [3.05, 3.63) is 23.9 Å². The second-order valence-corrected chi connectivity index (χ2v) is 8.38. The van der Waals surface area contributed by atoms with Crippen molar-refractivity contribution in [2.45, 2.75) is 63.8 Å². The SMILES string of the molecule is CC1CCC(C(N)C(=O)Nc2cc([C@@H](C)N3C[C@@H](C(F)(F)F)NC3=O)ccn2)CC1. The van der Waals surface area contributed by atoms with Gasteiger partial charge < -0.3 is 21.3 Å². The van der Waals surface area contributed by atoms with Gasteiger partial charge in [-0.3, -0.25) is 4.79 Å². The lowest BCUT2D eigenvalue weighted by Crippen LogP contribution is -2.43. The highest BCUT2D eigenvalue weighted by Crippen LogP contribution is 2.31. The second-order valence-electron chi connectivity index (χ2n) is 8.38. The first kappa shape index (κ1) is 22.3. The highest BCUT2D eigenvalue weighted by molar-refractivity contribution is 5.94. The van der Waals surface area contributed by atoms with Gasteiger partial charge >= 0.3 is 12.2 Å². The molecule has 1 unspecified atom stereocenters. The number of anilines is 1. The number of pyridine rings is 1. The van der Waals surface area contributed by atoms with Gasteiger partial charge in [0.15, 0.2) is 0 Å². The molecule has 1 saturated heterocycles. The smallest absolute Gasteiger partial charge is 0.324 e. The molecule has 1 aliphatic carbocycles. The molecule has 30 heavy (non-hydrogen) atoms. The van der Waals surface area contributed by atoms with E-state index in [4.69, 9.17) is 5.73 Å². The number of amides is 3. The number of rotatable bonds is 5. The summed E-state index contributed by atoms with van der Waals surface area (Å²) in [5.41, 5.74) is 6.72. The van der Waals surface area contributed by atoms with Crippen molar-refractivity contribution in [1.29, 1.82) is 0 Å². The summed E-state index contributed by atoms with van der Waals surface area (Å²) in [6, 6.07) is -0.768. The van der Waals surface area contributed by atoms with E-state index in [-0.39, 0.29) is 17.6 Å². The zero-order valence-electron chi connectivity index (χ0n) is 17.1. The molecule has 3 amide bonds. The third-order valence-electron chi connectivity index (χ3n) is 6.19. The molecule has 2 aliphatic rings. The molecule has 1 aromatic heterocycles. The molecule has 1 aromatic rings. The largest absolute Gasteiger partial charge is 0.410 e. The predicted molar refractivity (Wildman–Crippen MR) is 105 cm³/mol. The fraction of sp³-hybridized carbons (Fsp3) is 0.650. The Bertz CT molecular complexity index is 780. The summed E-state index contributed by atoms with van der Waals surface area (Å²) in [5.74, 6) is 0.700. The maximum Gasteiger partial charge on any atom is 0.410 e. The monoisotopic (exact) mass is 427 g/mol. The van der Waals surface area contributed by atoms with Crippen molar-refractivity contribution in [3.8, 4) is 0 Å². The molecular formula is C20H28F3N5O2. The topological polar surface area (TPSA) is 100 Å². The predicted octanol–water partition coefficient (Wildman–Crippen LogP) is 3.19. The van der Waals surface area contributed by atoms with Crippen molar-refractivity contribution in [3.63, 3.8) is 0 Å². The van der Waals surface area contributed by atoms with Crippen LogP contribution in [0, 0.1) is 11.8 Å². The molecule has 0 radical (unpaired) electrons. The van der Waals surface area contributed by atoms with Gasteiger partial charge in [0, 0.05) is 6.20 Å². The molecular weight excluding hydrogens is 399 g/mol. The third kappa shape index (κ3) is 5.03. The van der Waals surface area contributed by atoms with Crippen molar-refractivity contribution in [1.82, 2.24) is 15.2 Å². The Labute approximate surface area is 173 Å². The maximum absolute atomic E-state index is 12.9. The van der Waals surface area contributed by atoms with E-state index in [1.54, 1.807) is 19.1 Å². The number of carbonyl (C=O) groups is 2. The van der Waals surface area contributed by atoms with Crippen molar-refractivity contribution in [2.75, 3.05) is 11.9 Å². The molecule has 3 atom stereocenters. The van der Waals surface area contributed by atoms with Crippen LogP contribution in [0.1, 0.15) is 51.1 Å². The first-order valence-corrected chi connectivity index (χ1v) is 10.2. The number of halogens is 3. The van der Waals surface area contributed by atoms with E-state index < -0.39 is 36.9 Å². The van der Waals surface area contributed by atoms with Crippen LogP contribution in [0.15, 0.2) is 18.3 Å². The van der Waals surface area contributed by atoms with Gasteiger partial charge in [-0.2, -0.15) is 13.2 Å². The van der Waals surface area contributed by atoms with E-state index in [1.807, 2.05) is 5.32 Å². The average Bonchev–Trinajstić information content (AvgIpc) is 3.10. The van der Waals surface area contributed by atoms with Crippen LogP contribution in [0.4, 0.5) is 23.8 Å².